The zero-order valence-electron chi connectivity index (χ0n) is 15.6. The molecule has 1 saturated heterocycles. The molecule has 0 spiro atoms. The van der Waals surface area contributed by atoms with Gasteiger partial charge in [0.25, 0.3) is 0 Å². The van der Waals surface area contributed by atoms with Crippen LogP contribution in [-0.2, 0) is 0 Å². The third-order valence-electron chi connectivity index (χ3n) is 5.49. The molecular formula is C21H21ClINO5. The molecule has 2 aromatic carbocycles. The van der Waals surface area contributed by atoms with E-state index in [0.717, 1.165) is 15.7 Å². The maximum absolute atomic E-state index is 12.8. The summed E-state index contributed by atoms with van der Waals surface area (Å²) in [5, 5.41) is 30.8. The maximum atomic E-state index is 12.8. The fourth-order valence-electron chi connectivity index (χ4n) is 4.08. The van der Waals surface area contributed by atoms with Crippen LogP contribution in [0.4, 0.5) is 0 Å². The van der Waals surface area contributed by atoms with Gasteiger partial charge in [0.2, 0.25) is 0 Å². The average Bonchev–Trinajstić information content (AvgIpc) is 3.01. The first-order valence-electron chi connectivity index (χ1n) is 9.00. The lowest BCUT2D eigenvalue weighted by Crippen LogP contribution is -2.32. The van der Waals surface area contributed by atoms with Gasteiger partial charge in [0, 0.05) is 38.8 Å². The topological polar surface area (TPSA) is 94.1 Å². The van der Waals surface area contributed by atoms with Crippen molar-refractivity contribution >= 4 is 46.0 Å². The highest BCUT2D eigenvalue weighted by molar-refractivity contribution is 14.1. The van der Waals surface area contributed by atoms with E-state index in [1.54, 1.807) is 0 Å². The lowest BCUT2D eigenvalue weighted by atomic mass is 9.89. The van der Waals surface area contributed by atoms with E-state index in [9.17, 15) is 20.1 Å². The maximum Gasteiger partial charge on any atom is 0.197 e. The highest BCUT2D eigenvalue weighted by Crippen LogP contribution is 2.44. The van der Waals surface area contributed by atoms with Crippen molar-refractivity contribution < 1.29 is 19.7 Å². The van der Waals surface area contributed by atoms with E-state index >= 15 is 0 Å². The van der Waals surface area contributed by atoms with Gasteiger partial charge in [-0.1, -0.05) is 12.1 Å². The second-order valence-electron chi connectivity index (χ2n) is 7.14. The van der Waals surface area contributed by atoms with E-state index in [4.69, 9.17) is 4.42 Å². The fraction of sp³-hybridized carbons (Fsp3) is 0.286. The second-order valence-corrected chi connectivity index (χ2v) is 8.39. The number of hydrogen-bond acceptors (Lipinski definition) is 6. The molecule has 154 valence electrons. The number of rotatable bonds is 3. The summed E-state index contributed by atoms with van der Waals surface area (Å²) in [6.45, 7) is 0.669. The van der Waals surface area contributed by atoms with Gasteiger partial charge in [-0.2, -0.15) is 0 Å². The molecule has 1 aliphatic rings. The molecule has 0 radical (unpaired) electrons. The molecule has 4 rings (SSSR count). The first-order valence-corrected chi connectivity index (χ1v) is 10.1. The Morgan fingerprint density at radius 1 is 1.21 bits per heavy atom. The number of benzene rings is 2. The van der Waals surface area contributed by atoms with E-state index < -0.39 is 0 Å². The van der Waals surface area contributed by atoms with Crippen molar-refractivity contribution in [3.05, 3.63) is 55.8 Å². The highest BCUT2D eigenvalue weighted by Gasteiger charge is 2.36. The van der Waals surface area contributed by atoms with Gasteiger partial charge in [-0.3, -0.25) is 4.79 Å². The Labute approximate surface area is 187 Å². The van der Waals surface area contributed by atoms with Crippen molar-refractivity contribution in [1.82, 2.24) is 4.90 Å². The van der Waals surface area contributed by atoms with Crippen molar-refractivity contribution in [3.63, 3.8) is 0 Å². The highest BCUT2D eigenvalue weighted by atomic mass is 127. The monoisotopic (exact) mass is 529 g/mol. The Hall–Kier alpha value is -1.81. The van der Waals surface area contributed by atoms with Crippen LogP contribution in [0, 0.1) is 3.57 Å². The van der Waals surface area contributed by atoms with E-state index in [0.29, 0.717) is 17.7 Å². The number of aliphatic hydroxyl groups excluding tert-OH is 1. The van der Waals surface area contributed by atoms with Crippen molar-refractivity contribution in [1.29, 1.82) is 0 Å². The molecule has 29 heavy (non-hydrogen) atoms. The van der Waals surface area contributed by atoms with Gasteiger partial charge in [0.15, 0.2) is 5.43 Å². The smallest absolute Gasteiger partial charge is 0.197 e. The van der Waals surface area contributed by atoms with E-state index in [-0.39, 0.29) is 58.9 Å². The molecular weight excluding hydrogens is 509 g/mol. The molecule has 2 heterocycles. The van der Waals surface area contributed by atoms with Crippen LogP contribution >= 0.6 is 35.0 Å². The number of halogens is 2. The number of phenols is 2. The summed E-state index contributed by atoms with van der Waals surface area (Å²) in [7, 11) is 1.91. The molecule has 3 aromatic rings. The van der Waals surface area contributed by atoms with E-state index in [1.165, 1.54) is 12.1 Å². The standard InChI is InChI=1S/C21H20INO5.ClH/c1-23-6-5-13(14(23)10-24)19-15(25)8-16(26)20-17(27)9-18(28-21(19)20)11-3-2-4-12(22)7-11;/h2-4,7-9,13-14,24-26H,5-6,10H2,1H3;1H/t13-,14+;/m0./s1. The van der Waals surface area contributed by atoms with E-state index in [2.05, 4.69) is 22.6 Å². The Morgan fingerprint density at radius 2 is 1.97 bits per heavy atom. The van der Waals surface area contributed by atoms with Crippen LogP contribution in [0.15, 0.2) is 45.6 Å². The van der Waals surface area contributed by atoms with Gasteiger partial charge in [-0.05, 0) is 54.7 Å². The zero-order valence-corrected chi connectivity index (χ0v) is 18.6. The van der Waals surface area contributed by atoms with Crippen molar-refractivity contribution in [2.75, 3.05) is 20.2 Å². The molecule has 0 aliphatic carbocycles. The Bertz CT molecular complexity index is 1120. The van der Waals surface area contributed by atoms with Crippen LogP contribution < -0.4 is 5.43 Å². The minimum Gasteiger partial charge on any atom is -0.507 e. The zero-order chi connectivity index (χ0) is 20.0. The Morgan fingerprint density at radius 3 is 2.66 bits per heavy atom. The molecule has 0 bridgehead atoms. The van der Waals surface area contributed by atoms with Gasteiger partial charge >= 0.3 is 0 Å². The van der Waals surface area contributed by atoms with Gasteiger partial charge in [-0.25, -0.2) is 0 Å². The normalized spacial score (nSPS) is 19.4. The largest absolute Gasteiger partial charge is 0.507 e. The average molecular weight is 530 g/mol. The molecule has 1 aromatic heterocycles. The fourth-order valence-corrected chi connectivity index (χ4v) is 4.62. The van der Waals surface area contributed by atoms with Crippen LogP contribution in [0.25, 0.3) is 22.3 Å². The minimum atomic E-state index is -0.374. The lowest BCUT2D eigenvalue weighted by Gasteiger charge is -2.24. The molecule has 6 nitrogen and oxygen atoms in total. The number of hydrogen-bond donors (Lipinski definition) is 3. The molecule has 3 N–H and O–H groups in total. The van der Waals surface area contributed by atoms with Crippen molar-refractivity contribution in [3.8, 4) is 22.8 Å². The third kappa shape index (κ3) is 3.84. The van der Waals surface area contributed by atoms with Gasteiger partial charge in [0.1, 0.15) is 28.2 Å². The third-order valence-corrected chi connectivity index (χ3v) is 6.16. The summed E-state index contributed by atoms with van der Waals surface area (Å²) in [5.41, 5.74) is 1.00. The minimum absolute atomic E-state index is 0. The summed E-state index contributed by atoms with van der Waals surface area (Å²) in [6.07, 6.45) is 0.701. The molecule has 2 atom stereocenters. The number of nitrogens with zero attached hydrogens (tertiary/aromatic N) is 1. The molecule has 0 amide bonds. The van der Waals surface area contributed by atoms with Crippen LogP contribution in [0.2, 0.25) is 0 Å². The summed E-state index contributed by atoms with van der Waals surface area (Å²) < 4.78 is 7.09. The van der Waals surface area contributed by atoms with Crippen molar-refractivity contribution in [2.24, 2.45) is 0 Å². The first kappa shape index (κ1) is 21.9. The number of aromatic hydroxyl groups is 2. The van der Waals surface area contributed by atoms with Crippen LogP contribution in [0.1, 0.15) is 17.9 Å². The predicted molar refractivity (Wildman–Crippen MR) is 122 cm³/mol. The van der Waals surface area contributed by atoms with Crippen LogP contribution in [0.5, 0.6) is 11.5 Å². The van der Waals surface area contributed by atoms with Gasteiger partial charge < -0.3 is 24.6 Å². The SMILES string of the molecule is CN1CC[C@H](c2c(O)cc(O)c3c(=O)cc(-c4cccc(I)c4)oc23)[C@H]1CO.Cl. The van der Waals surface area contributed by atoms with Crippen LogP contribution in [0.3, 0.4) is 0 Å². The molecule has 1 fully saturated rings. The number of likely N-dealkylation sites (tertiary alicyclic amines) is 1. The number of phenolic OH excluding ortho intramolecular Hbond substituents is 2. The number of likely N-dealkylation sites (N-methyl/N-ethyl adjacent to an activating group) is 1. The second kappa shape index (κ2) is 8.51. The first-order chi connectivity index (χ1) is 13.4. The quantitative estimate of drug-likeness (QED) is 0.448. The number of fused-ring (bicyclic) bond motifs is 1. The summed E-state index contributed by atoms with van der Waals surface area (Å²) in [5.74, 6) is -0.292. The molecule has 0 unspecified atom stereocenters. The van der Waals surface area contributed by atoms with Crippen LogP contribution in [-0.4, -0.2) is 46.5 Å². The summed E-state index contributed by atoms with van der Waals surface area (Å²) in [6, 6.07) is 9.89. The predicted octanol–water partition coefficient (Wildman–Crippen LogP) is 3.68. The van der Waals surface area contributed by atoms with Gasteiger partial charge in [-0.15, -0.1) is 12.4 Å². The van der Waals surface area contributed by atoms with E-state index in [1.807, 2.05) is 36.2 Å². The Balaban J connectivity index is 0.00000240. The Kier molecular flexibility index (Phi) is 6.42. The lowest BCUT2D eigenvalue weighted by molar-refractivity contribution is 0.172. The molecule has 0 saturated carbocycles. The van der Waals surface area contributed by atoms with Crippen molar-refractivity contribution in [2.45, 2.75) is 18.4 Å². The summed E-state index contributed by atoms with van der Waals surface area (Å²) in [4.78, 5) is 14.8. The number of aliphatic hydroxyl groups is 1. The van der Waals surface area contributed by atoms with Gasteiger partial charge in [0.05, 0.1) is 6.61 Å². The molecule has 8 heteroatoms. The summed E-state index contributed by atoms with van der Waals surface area (Å²) >= 11 is 2.18. The molecule has 1 aliphatic heterocycles.